The number of ketones is 1. The van der Waals surface area contributed by atoms with Crippen molar-refractivity contribution < 1.29 is 9.53 Å². The van der Waals surface area contributed by atoms with Crippen molar-refractivity contribution in [2.45, 2.75) is 39.0 Å². The van der Waals surface area contributed by atoms with E-state index in [9.17, 15) is 4.79 Å². The van der Waals surface area contributed by atoms with Gasteiger partial charge >= 0.3 is 0 Å². The van der Waals surface area contributed by atoms with Crippen LogP contribution in [0.5, 0.6) is 5.75 Å². The Balaban J connectivity index is 1.90. The Morgan fingerprint density at radius 2 is 2.00 bits per heavy atom. The lowest BCUT2D eigenvalue weighted by atomic mass is 9.80. The highest BCUT2D eigenvalue weighted by atomic mass is 16.5. The van der Waals surface area contributed by atoms with Gasteiger partial charge in [0.1, 0.15) is 5.75 Å². The van der Waals surface area contributed by atoms with Crippen LogP contribution in [0.15, 0.2) is 24.3 Å². The molecule has 1 aliphatic rings. The summed E-state index contributed by atoms with van der Waals surface area (Å²) < 4.78 is 5.57. The zero-order chi connectivity index (χ0) is 12.1. The third kappa shape index (κ3) is 3.09. The van der Waals surface area contributed by atoms with Gasteiger partial charge in [-0.3, -0.25) is 4.79 Å². The topological polar surface area (TPSA) is 26.3 Å². The van der Waals surface area contributed by atoms with E-state index in [2.05, 4.69) is 6.92 Å². The maximum absolute atomic E-state index is 12.0. The van der Waals surface area contributed by atoms with Crippen molar-refractivity contribution in [2.24, 2.45) is 5.92 Å². The summed E-state index contributed by atoms with van der Waals surface area (Å²) in [6, 6.07) is 7.59. The standard InChI is InChI=1S/C15H20O2/c1-2-3-11-17-14-9-7-13(8-10-14)15(16)12-5-4-6-12/h7-10,12H,2-6,11H2,1H3. The van der Waals surface area contributed by atoms with E-state index in [1.54, 1.807) is 0 Å². The molecule has 2 nitrogen and oxygen atoms in total. The van der Waals surface area contributed by atoms with E-state index in [1.807, 2.05) is 24.3 Å². The quantitative estimate of drug-likeness (QED) is 0.550. The second-order valence-electron chi connectivity index (χ2n) is 4.72. The largest absolute Gasteiger partial charge is 0.494 e. The van der Waals surface area contributed by atoms with Gasteiger partial charge in [-0.05, 0) is 43.5 Å². The van der Waals surface area contributed by atoms with Crippen molar-refractivity contribution >= 4 is 5.78 Å². The first kappa shape index (κ1) is 12.2. The highest BCUT2D eigenvalue weighted by Gasteiger charge is 2.25. The minimum absolute atomic E-state index is 0.279. The molecule has 1 saturated carbocycles. The van der Waals surface area contributed by atoms with Gasteiger partial charge in [-0.1, -0.05) is 19.8 Å². The highest BCUT2D eigenvalue weighted by molar-refractivity contribution is 5.98. The van der Waals surface area contributed by atoms with Gasteiger partial charge < -0.3 is 4.74 Å². The Kier molecular flexibility index (Phi) is 4.18. The van der Waals surface area contributed by atoms with Crippen LogP contribution in [0.3, 0.4) is 0 Å². The Morgan fingerprint density at radius 1 is 1.29 bits per heavy atom. The number of unbranched alkanes of at least 4 members (excludes halogenated alkanes) is 1. The predicted octanol–water partition coefficient (Wildman–Crippen LogP) is 3.85. The van der Waals surface area contributed by atoms with E-state index >= 15 is 0 Å². The molecule has 92 valence electrons. The fourth-order valence-electron chi connectivity index (χ4n) is 1.96. The van der Waals surface area contributed by atoms with Gasteiger partial charge in [-0.2, -0.15) is 0 Å². The maximum Gasteiger partial charge on any atom is 0.165 e. The van der Waals surface area contributed by atoms with Gasteiger partial charge in [-0.25, -0.2) is 0 Å². The van der Waals surface area contributed by atoms with Crippen molar-refractivity contribution in [1.29, 1.82) is 0 Å². The van der Waals surface area contributed by atoms with Crippen molar-refractivity contribution in [3.8, 4) is 5.75 Å². The van der Waals surface area contributed by atoms with Gasteiger partial charge in [0.25, 0.3) is 0 Å². The molecule has 0 radical (unpaired) electrons. The molecule has 0 atom stereocenters. The molecule has 1 aromatic carbocycles. The average molecular weight is 232 g/mol. The Morgan fingerprint density at radius 3 is 2.53 bits per heavy atom. The number of carbonyl (C=O) groups is 1. The van der Waals surface area contributed by atoms with E-state index in [-0.39, 0.29) is 5.92 Å². The van der Waals surface area contributed by atoms with Crippen LogP contribution in [0, 0.1) is 5.92 Å². The Hall–Kier alpha value is -1.31. The molecule has 0 saturated heterocycles. The molecule has 0 amide bonds. The van der Waals surface area contributed by atoms with Crippen LogP contribution in [0.25, 0.3) is 0 Å². The zero-order valence-electron chi connectivity index (χ0n) is 10.4. The summed E-state index contributed by atoms with van der Waals surface area (Å²) >= 11 is 0. The first-order valence-corrected chi connectivity index (χ1v) is 6.58. The van der Waals surface area contributed by atoms with Crippen LogP contribution in [-0.4, -0.2) is 12.4 Å². The summed E-state index contributed by atoms with van der Waals surface area (Å²) in [7, 11) is 0. The van der Waals surface area contributed by atoms with Crippen LogP contribution < -0.4 is 4.74 Å². The molecular weight excluding hydrogens is 212 g/mol. The SMILES string of the molecule is CCCCOc1ccc(C(=O)C2CCC2)cc1. The van der Waals surface area contributed by atoms with Crippen LogP contribution in [0.1, 0.15) is 49.4 Å². The van der Waals surface area contributed by atoms with E-state index in [0.717, 1.165) is 43.6 Å². The van der Waals surface area contributed by atoms with Gasteiger partial charge in [0.15, 0.2) is 5.78 Å². The normalized spacial score (nSPS) is 15.4. The summed E-state index contributed by atoms with van der Waals surface area (Å²) in [5, 5.41) is 0. The molecule has 0 aromatic heterocycles. The number of rotatable bonds is 6. The van der Waals surface area contributed by atoms with E-state index < -0.39 is 0 Å². The summed E-state index contributed by atoms with van der Waals surface area (Å²) in [4.78, 5) is 12.0. The first-order chi connectivity index (χ1) is 8.31. The fraction of sp³-hybridized carbons (Fsp3) is 0.533. The number of carbonyl (C=O) groups excluding carboxylic acids is 1. The number of hydrogen-bond acceptors (Lipinski definition) is 2. The maximum atomic E-state index is 12.0. The summed E-state index contributed by atoms with van der Waals surface area (Å²) in [6.07, 6.45) is 5.54. The highest BCUT2D eigenvalue weighted by Crippen LogP contribution is 2.30. The fourth-order valence-corrected chi connectivity index (χ4v) is 1.96. The first-order valence-electron chi connectivity index (χ1n) is 6.58. The molecule has 1 fully saturated rings. The third-order valence-corrected chi connectivity index (χ3v) is 3.38. The van der Waals surface area contributed by atoms with Crippen molar-refractivity contribution in [3.05, 3.63) is 29.8 Å². The van der Waals surface area contributed by atoms with Crippen molar-refractivity contribution in [1.82, 2.24) is 0 Å². The molecule has 17 heavy (non-hydrogen) atoms. The van der Waals surface area contributed by atoms with Crippen molar-refractivity contribution in [3.63, 3.8) is 0 Å². The van der Waals surface area contributed by atoms with Crippen LogP contribution in [-0.2, 0) is 0 Å². The number of Topliss-reactive ketones (excluding diaryl/α,β-unsaturated/α-hetero) is 1. The minimum Gasteiger partial charge on any atom is -0.494 e. The van der Waals surface area contributed by atoms with Gasteiger partial charge in [0.2, 0.25) is 0 Å². The van der Waals surface area contributed by atoms with Crippen LogP contribution >= 0.6 is 0 Å². The van der Waals surface area contributed by atoms with E-state index in [1.165, 1.54) is 6.42 Å². The second kappa shape index (κ2) is 5.85. The molecule has 0 spiro atoms. The molecule has 2 heteroatoms. The van der Waals surface area contributed by atoms with Gasteiger partial charge in [0.05, 0.1) is 6.61 Å². The predicted molar refractivity (Wildman–Crippen MR) is 68.5 cm³/mol. The lowest BCUT2D eigenvalue weighted by molar-refractivity contribution is 0.0855. The molecule has 0 bridgehead atoms. The molecule has 0 aliphatic heterocycles. The Bertz CT molecular complexity index is 363. The van der Waals surface area contributed by atoms with Crippen LogP contribution in [0.4, 0.5) is 0 Å². The molecular formula is C15H20O2. The molecule has 2 rings (SSSR count). The minimum atomic E-state index is 0.279. The van der Waals surface area contributed by atoms with Gasteiger partial charge in [0, 0.05) is 11.5 Å². The lowest BCUT2D eigenvalue weighted by Crippen LogP contribution is -2.21. The monoisotopic (exact) mass is 232 g/mol. The molecule has 1 aromatic rings. The molecule has 0 unspecified atom stereocenters. The van der Waals surface area contributed by atoms with E-state index in [4.69, 9.17) is 4.74 Å². The summed E-state index contributed by atoms with van der Waals surface area (Å²) in [6.45, 7) is 2.90. The zero-order valence-corrected chi connectivity index (χ0v) is 10.4. The summed E-state index contributed by atoms with van der Waals surface area (Å²) in [5.41, 5.74) is 0.831. The number of ether oxygens (including phenoxy) is 1. The number of benzene rings is 1. The smallest absolute Gasteiger partial charge is 0.165 e. The average Bonchev–Trinajstić information content (AvgIpc) is 2.28. The number of hydrogen-bond donors (Lipinski definition) is 0. The third-order valence-electron chi connectivity index (χ3n) is 3.38. The van der Waals surface area contributed by atoms with E-state index in [0.29, 0.717) is 5.78 Å². The molecule has 0 N–H and O–H groups in total. The van der Waals surface area contributed by atoms with Gasteiger partial charge in [-0.15, -0.1) is 0 Å². The Labute approximate surface area is 103 Å². The lowest BCUT2D eigenvalue weighted by Gasteiger charge is -2.23. The summed E-state index contributed by atoms with van der Waals surface area (Å²) in [5.74, 6) is 1.45. The second-order valence-corrected chi connectivity index (χ2v) is 4.72. The van der Waals surface area contributed by atoms with Crippen LogP contribution in [0.2, 0.25) is 0 Å². The molecule has 0 heterocycles. The molecule has 1 aliphatic carbocycles. The van der Waals surface area contributed by atoms with Crippen molar-refractivity contribution in [2.75, 3.05) is 6.61 Å².